The average Bonchev–Trinajstić information content (AvgIpc) is 3.21. The number of nitriles is 1. The number of nitrogens with zero attached hydrogens (tertiary/aromatic N) is 6. The van der Waals surface area contributed by atoms with Crippen molar-refractivity contribution >= 4 is 34.6 Å². The Kier molecular flexibility index (Phi) is 5.05. The molecule has 1 aromatic carbocycles. The highest BCUT2D eigenvalue weighted by Crippen LogP contribution is 2.40. The number of nitrogens with one attached hydrogen (secondary N) is 1. The van der Waals surface area contributed by atoms with E-state index in [2.05, 4.69) is 27.5 Å². The minimum Gasteiger partial charge on any atom is -0.491 e. The van der Waals surface area contributed by atoms with E-state index >= 15 is 0 Å². The molecule has 0 aliphatic carbocycles. The summed E-state index contributed by atoms with van der Waals surface area (Å²) < 4.78 is 7.82. The molecule has 1 amide bonds. The van der Waals surface area contributed by atoms with Crippen LogP contribution >= 0.6 is 0 Å². The van der Waals surface area contributed by atoms with Gasteiger partial charge in [-0.1, -0.05) is 0 Å². The number of aryl methyl sites for hydroxylation is 1. The zero-order valence-electron chi connectivity index (χ0n) is 18.3. The predicted molar refractivity (Wildman–Crippen MR) is 122 cm³/mol. The Morgan fingerprint density at radius 1 is 1.16 bits per heavy atom. The van der Waals surface area contributed by atoms with Crippen molar-refractivity contribution in [2.45, 2.75) is 32.1 Å². The van der Waals surface area contributed by atoms with Crippen molar-refractivity contribution < 1.29 is 9.53 Å². The lowest BCUT2D eigenvalue weighted by Crippen LogP contribution is -2.31. The minimum absolute atomic E-state index is 0.0987. The number of ether oxygens (including phenoxy) is 1. The molecule has 32 heavy (non-hydrogen) atoms. The lowest BCUT2D eigenvalue weighted by atomic mass is 10.00. The van der Waals surface area contributed by atoms with Gasteiger partial charge in [-0.2, -0.15) is 14.9 Å². The average molecular weight is 432 g/mol. The van der Waals surface area contributed by atoms with Gasteiger partial charge in [0, 0.05) is 44.9 Å². The molecule has 0 radical (unpaired) electrons. The highest BCUT2D eigenvalue weighted by atomic mass is 16.5. The molecular weight excluding hydrogens is 406 g/mol. The second kappa shape index (κ2) is 8.04. The van der Waals surface area contributed by atoms with E-state index in [1.165, 1.54) is 6.20 Å². The second-order valence-electron chi connectivity index (χ2n) is 8.30. The Morgan fingerprint density at radius 2 is 2.03 bits per heavy atom. The summed E-state index contributed by atoms with van der Waals surface area (Å²) in [4.78, 5) is 20.8. The van der Waals surface area contributed by atoms with E-state index in [0.717, 1.165) is 48.6 Å². The Labute approximate surface area is 186 Å². The van der Waals surface area contributed by atoms with Crippen LogP contribution in [0.5, 0.6) is 5.75 Å². The van der Waals surface area contributed by atoms with Gasteiger partial charge >= 0.3 is 0 Å². The molecule has 0 fully saturated rings. The standard InChI is InChI=1S/C23H25N7O2/c1-28-8-4-3-5-9-32-18-11-17(10-15-6-7-21(31)29(2)22(15)18)26-20-12-19(28)27-23-16(13-24)14-25-30(20)23/h10-12,14,26H,3-9H2,1-2H3. The molecule has 5 rings (SSSR count). The maximum Gasteiger partial charge on any atom is 0.227 e. The van der Waals surface area contributed by atoms with E-state index in [-0.39, 0.29) is 5.91 Å². The summed E-state index contributed by atoms with van der Waals surface area (Å²) in [5.74, 6) is 2.30. The van der Waals surface area contributed by atoms with Gasteiger partial charge in [-0.05, 0) is 37.3 Å². The normalized spacial score (nSPS) is 16.6. The van der Waals surface area contributed by atoms with Crippen LogP contribution in [0.1, 0.15) is 36.8 Å². The molecule has 9 heteroatoms. The molecule has 9 nitrogen and oxygen atoms in total. The van der Waals surface area contributed by atoms with Gasteiger partial charge in [-0.25, -0.2) is 4.98 Å². The van der Waals surface area contributed by atoms with Crippen LogP contribution in [0.2, 0.25) is 0 Å². The number of aromatic nitrogens is 3. The van der Waals surface area contributed by atoms with Gasteiger partial charge in [0.15, 0.2) is 5.65 Å². The van der Waals surface area contributed by atoms with Crippen LogP contribution in [0.4, 0.5) is 23.0 Å². The van der Waals surface area contributed by atoms with Crippen molar-refractivity contribution in [2.24, 2.45) is 0 Å². The van der Waals surface area contributed by atoms with Crippen molar-refractivity contribution in [1.29, 1.82) is 5.26 Å². The molecule has 0 unspecified atom stereocenters. The fourth-order valence-electron chi connectivity index (χ4n) is 4.34. The highest BCUT2D eigenvalue weighted by Gasteiger charge is 2.26. The molecular formula is C23H25N7O2. The third kappa shape index (κ3) is 3.47. The Bertz CT molecular complexity index is 1240. The van der Waals surface area contributed by atoms with Crippen molar-refractivity contribution in [1.82, 2.24) is 14.6 Å². The van der Waals surface area contributed by atoms with Crippen LogP contribution in [0.3, 0.4) is 0 Å². The number of fused-ring (bicyclic) bond motifs is 8. The van der Waals surface area contributed by atoms with E-state index in [1.54, 1.807) is 16.5 Å². The van der Waals surface area contributed by atoms with E-state index in [0.29, 0.717) is 42.2 Å². The molecule has 4 bridgehead atoms. The largest absolute Gasteiger partial charge is 0.491 e. The number of anilines is 4. The number of hydrogen-bond acceptors (Lipinski definition) is 7. The van der Waals surface area contributed by atoms with Gasteiger partial charge in [0.1, 0.15) is 29.0 Å². The maximum atomic E-state index is 12.3. The van der Waals surface area contributed by atoms with Gasteiger partial charge < -0.3 is 19.9 Å². The number of carbonyl (C=O) groups is 1. The predicted octanol–water partition coefficient (Wildman–Crippen LogP) is 3.25. The summed E-state index contributed by atoms with van der Waals surface area (Å²) in [5, 5.41) is 17.3. The number of benzene rings is 1. The molecule has 164 valence electrons. The molecule has 4 heterocycles. The first-order valence-corrected chi connectivity index (χ1v) is 10.9. The quantitative estimate of drug-likeness (QED) is 0.583. The summed E-state index contributed by atoms with van der Waals surface area (Å²) in [6, 6.07) is 8.12. The zero-order chi connectivity index (χ0) is 22.2. The van der Waals surface area contributed by atoms with Gasteiger partial charge in [0.25, 0.3) is 0 Å². The van der Waals surface area contributed by atoms with Crippen LogP contribution in [0, 0.1) is 11.3 Å². The first-order valence-electron chi connectivity index (χ1n) is 10.9. The monoisotopic (exact) mass is 431 g/mol. The van der Waals surface area contributed by atoms with E-state index < -0.39 is 0 Å². The summed E-state index contributed by atoms with van der Waals surface area (Å²) in [6.07, 6.45) is 5.63. The van der Waals surface area contributed by atoms with Crippen LogP contribution in [0.25, 0.3) is 5.65 Å². The number of rotatable bonds is 0. The maximum absolute atomic E-state index is 12.3. The topological polar surface area (TPSA) is 98.8 Å². The second-order valence-corrected chi connectivity index (χ2v) is 8.30. The van der Waals surface area contributed by atoms with E-state index in [1.807, 2.05) is 19.2 Å². The fraction of sp³-hybridized carbons (Fsp3) is 0.391. The molecule has 0 saturated heterocycles. The summed E-state index contributed by atoms with van der Waals surface area (Å²) in [5.41, 5.74) is 3.71. The number of amides is 1. The molecule has 2 aliphatic rings. The molecule has 0 saturated carbocycles. The minimum atomic E-state index is 0.0987. The van der Waals surface area contributed by atoms with Crippen LogP contribution in [0.15, 0.2) is 24.4 Å². The molecule has 2 aromatic heterocycles. The molecule has 3 aromatic rings. The molecule has 0 spiro atoms. The van der Waals surface area contributed by atoms with Crippen molar-refractivity contribution in [3.63, 3.8) is 0 Å². The number of hydrogen-bond donors (Lipinski definition) is 1. The SMILES string of the molecule is CN1CCCCCOc2cc(cc3c2N(C)C(=O)CC3)Nc2cc1nc1c(C#N)cnn21. The fourth-order valence-corrected chi connectivity index (χ4v) is 4.34. The summed E-state index contributed by atoms with van der Waals surface area (Å²) in [7, 11) is 3.82. The Morgan fingerprint density at radius 3 is 2.88 bits per heavy atom. The van der Waals surface area contributed by atoms with Gasteiger partial charge in [-0.15, -0.1) is 0 Å². The summed E-state index contributed by atoms with van der Waals surface area (Å²) in [6.45, 7) is 1.44. The smallest absolute Gasteiger partial charge is 0.227 e. The first-order chi connectivity index (χ1) is 15.5. The van der Waals surface area contributed by atoms with Gasteiger partial charge in [-0.3, -0.25) is 4.79 Å². The zero-order valence-corrected chi connectivity index (χ0v) is 18.3. The summed E-state index contributed by atoms with van der Waals surface area (Å²) >= 11 is 0. The Balaban J connectivity index is 1.66. The van der Waals surface area contributed by atoms with Crippen LogP contribution in [-0.2, 0) is 11.2 Å². The van der Waals surface area contributed by atoms with E-state index in [9.17, 15) is 10.1 Å². The van der Waals surface area contributed by atoms with Crippen molar-refractivity contribution in [3.05, 3.63) is 35.5 Å². The molecule has 0 atom stereocenters. The highest BCUT2D eigenvalue weighted by molar-refractivity contribution is 5.98. The van der Waals surface area contributed by atoms with Crippen LogP contribution < -0.4 is 19.9 Å². The third-order valence-corrected chi connectivity index (χ3v) is 6.11. The van der Waals surface area contributed by atoms with Gasteiger partial charge in [0.2, 0.25) is 5.91 Å². The Hall–Kier alpha value is -3.80. The molecule has 1 N–H and O–H groups in total. The number of carbonyl (C=O) groups excluding carboxylic acids is 1. The van der Waals surface area contributed by atoms with Gasteiger partial charge in [0.05, 0.1) is 18.5 Å². The van der Waals surface area contributed by atoms with Crippen molar-refractivity contribution in [3.8, 4) is 11.8 Å². The third-order valence-electron chi connectivity index (χ3n) is 6.11. The first kappa shape index (κ1) is 20.1. The van der Waals surface area contributed by atoms with Crippen molar-refractivity contribution in [2.75, 3.05) is 42.4 Å². The lowest BCUT2D eigenvalue weighted by Gasteiger charge is -2.29. The lowest BCUT2D eigenvalue weighted by molar-refractivity contribution is -0.118. The van der Waals surface area contributed by atoms with E-state index in [4.69, 9.17) is 9.72 Å². The van der Waals surface area contributed by atoms with Crippen LogP contribution in [-0.4, -0.2) is 47.8 Å². The molecule has 2 aliphatic heterocycles.